The van der Waals surface area contributed by atoms with Crippen molar-refractivity contribution in [2.45, 2.75) is 23.2 Å². The molecule has 6 nitrogen and oxygen atoms in total. The smallest absolute Gasteiger partial charge is 0.234 e. The summed E-state index contributed by atoms with van der Waals surface area (Å²) in [6.45, 7) is 4.39. The van der Waals surface area contributed by atoms with E-state index in [1.165, 1.54) is 11.8 Å². The minimum atomic E-state index is -0.132. The van der Waals surface area contributed by atoms with Crippen LogP contribution >= 0.6 is 46.7 Å². The van der Waals surface area contributed by atoms with E-state index in [4.69, 9.17) is 27.9 Å². The second kappa shape index (κ2) is 12.2. The number of rotatable bonds is 11. The molecule has 1 heterocycles. The summed E-state index contributed by atoms with van der Waals surface area (Å²) in [5.41, 5.74) is 1.77. The van der Waals surface area contributed by atoms with Crippen LogP contribution in [0.3, 0.4) is 0 Å². The van der Waals surface area contributed by atoms with Gasteiger partial charge < -0.3 is 14.6 Å². The van der Waals surface area contributed by atoms with E-state index in [0.29, 0.717) is 38.9 Å². The Bertz CT molecular complexity index is 1090. The Kier molecular flexibility index (Phi) is 9.35. The molecule has 32 heavy (non-hydrogen) atoms. The molecule has 10 heteroatoms. The van der Waals surface area contributed by atoms with Crippen molar-refractivity contribution >= 4 is 58.3 Å². The largest absolute Gasteiger partial charge is 0.497 e. The highest BCUT2D eigenvalue weighted by Gasteiger charge is 2.14. The molecule has 0 saturated heterocycles. The van der Waals surface area contributed by atoms with E-state index in [-0.39, 0.29) is 11.7 Å². The summed E-state index contributed by atoms with van der Waals surface area (Å²) in [4.78, 5) is 12.4. The van der Waals surface area contributed by atoms with Gasteiger partial charge in [0.1, 0.15) is 11.6 Å². The van der Waals surface area contributed by atoms with Crippen LogP contribution in [0.2, 0.25) is 10.0 Å². The molecule has 0 bridgehead atoms. The molecule has 168 valence electrons. The highest BCUT2D eigenvalue weighted by atomic mass is 35.5. The number of halogens is 2. The summed E-state index contributed by atoms with van der Waals surface area (Å²) in [5, 5.41) is 13.2. The number of carbonyl (C=O) groups is 1. The third-order valence-electron chi connectivity index (χ3n) is 4.27. The Labute approximate surface area is 205 Å². The van der Waals surface area contributed by atoms with E-state index in [2.05, 4.69) is 22.1 Å². The highest BCUT2D eigenvalue weighted by molar-refractivity contribution is 7.99. The number of hydrogen-bond donors (Lipinski definition) is 1. The first-order chi connectivity index (χ1) is 15.5. The van der Waals surface area contributed by atoms with Crippen molar-refractivity contribution < 1.29 is 9.53 Å². The lowest BCUT2D eigenvalue weighted by Crippen LogP contribution is -2.14. The van der Waals surface area contributed by atoms with E-state index < -0.39 is 0 Å². The predicted octanol–water partition coefficient (Wildman–Crippen LogP) is 5.94. The van der Waals surface area contributed by atoms with E-state index in [0.717, 1.165) is 17.1 Å². The van der Waals surface area contributed by atoms with Crippen molar-refractivity contribution in [1.29, 1.82) is 0 Å². The molecule has 1 aromatic heterocycles. The van der Waals surface area contributed by atoms with Crippen LogP contribution in [-0.4, -0.2) is 33.5 Å². The maximum atomic E-state index is 12.4. The molecule has 1 amide bonds. The molecule has 0 fully saturated rings. The van der Waals surface area contributed by atoms with E-state index in [1.807, 2.05) is 34.9 Å². The maximum Gasteiger partial charge on any atom is 0.234 e. The molecule has 0 saturated carbocycles. The predicted molar refractivity (Wildman–Crippen MR) is 134 cm³/mol. The molecule has 1 N–H and O–H groups in total. The molecule has 0 aliphatic heterocycles. The van der Waals surface area contributed by atoms with Crippen LogP contribution in [-0.2, 0) is 22.8 Å². The Balaban J connectivity index is 1.56. The minimum absolute atomic E-state index is 0.132. The van der Waals surface area contributed by atoms with Crippen LogP contribution in [0.5, 0.6) is 5.75 Å². The van der Waals surface area contributed by atoms with E-state index in [9.17, 15) is 4.79 Å². The summed E-state index contributed by atoms with van der Waals surface area (Å²) in [6, 6.07) is 12.9. The second-order valence-corrected chi connectivity index (χ2v) is 9.35. The molecule has 2 aromatic carbocycles. The number of ether oxygens (including phenoxy) is 1. The van der Waals surface area contributed by atoms with Gasteiger partial charge in [-0.3, -0.25) is 4.79 Å². The normalized spacial score (nSPS) is 10.7. The summed E-state index contributed by atoms with van der Waals surface area (Å²) in [6.07, 6.45) is 1.79. The number of aromatic nitrogens is 3. The lowest BCUT2D eigenvalue weighted by Gasteiger charge is -2.09. The Morgan fingerprint density at radius 2 is 2.03 bits per heavy atom. The average Bonchev–Trinajstić information content (AvgIpc) is 3.16. The van der Waals surface area contributed by atoms with E-state index in [1.54, 1.807) is 37.1 Å². The Hall–Kier alpha value is -2.13. The molecule has 0 spiro atoms. The van der Waals surface area contributed by atoms with Crippen molar-refractivity contribution in [2.75, 3.05) is 18.2 Å². The molecule has 0 atom stereocenters. The summed E-state index contributed by atoms with van der Waals surface area (Å²) >= 11 is 15.1. The van der Waals surface area contributed by atoms with Gasteiger partial charge in [-0.15, -0.1) is 28.5 Å². The number of nitrogens with zero attached hydrogens (tertiary/aromatic N) is 3. The van der Waals surface area contributed by atoms with Crippen LogP contribution in [0, 0.1) is 0 Å². The number of anilines is 1. The number of carbonyl (C=O) groups excluding carboxylic acids is 1. The number of allylic oxidation sites excluding steroid dienone is 1. The number of methoxy groups -OCH3 is 1. The zero-order chi connectivity index (χ0) is 22.9. The zero-order valence-corrected chi connectivity index (χ0v) is 20.5. The molecule has 0 unspecified atom stereocenters. The van der Waals surface area contributed by atoms with Crippen molar-refractivity contribution in [3.8, 4) is 5.75 Å². The average molecular weight is 509 g/mol. The molecule has 3 aromatic rings. The van der Waals surface area contributed by atoms with Gasteiger partial charge in [-0.2, -0.15) is 0 Å². The topological polar surface area (TPSA) is 69.0 Å². The first-order valence-corrected chi connectivity index (χ1v) is 12.5. The maximum absolute atomic E-state index is 12.4. The van der Waals surface area contributed by atoms with Gasteiger partial charge in [0.05, 0.1) is 28.7 Å². The fraction of sp³-hybridized carbons (Fsp3) is 0.227. The van der Waals surface area contributed by atoms with Crippen LogP contribution in [0.25, 0.3) is 0 Å². The SMILES string of the molecule is C=CCn1c(CSCc2ccc(Cl)c(Cl)c2)nnc1SCC(=O)Nc1cccc(OC)c1. The van der Waals surface area contributed by atoms with Crippen LogP contribution < -0.4 is 10.1 Å². The fourth-order valence-corrected chi connectivity index (χ4v) is 4.76. The number of nitrogens with one attached hydrogen (secondary N) is 1. The first-order valence-electron chi connectivity index (χ1n) is 9.61. The van der Waals surface area contributed by atoms with Crippen molar-refractivity contribution in [3.05, 3.63) is 76.6 Å². The summed E-state index contributed by atoms with van der Waals surface area (Å²) < 4.78 is 7.15. The first kappa shape index (κ1) is 24.5. The third kappa shape index (κ3) is 6.93. The van der Waals surface area contributed by atoms with Gasteiger partial charge >= 0.3 is 0 Å². The lowest BCUT2D eigenvalue weighted by molar-refractivity contribution is -0.113. The van der Waals surface area contributed by atoms with Gasteiger partial charge in [0.25, 0.3) is 0 Å². The van der Waals surface area contributed by atoms with Crippen molar-refractivity contribution in [1.82, 2.24) is 14.8 Å². The number of benzene rings is 2. The summed E-state index contributed by atoms with van der Waals surface area (Å²) in [7, 11) is 1.59. The molecular weight excluding hydrogens is 487 g/mol. The van der Waals surface area contributed by atoms with Crippen LogP contribution in [0.4, 0.5) is 5.69 Å². The molecule has 0 aliphatic rings. The van der Waals surface area contributed by atoms with Crippen molar-refractivity contribution in [2.24, 2.45) is 0 Å². The molecule has 0 radical (unpaired) electrons. The van der Waals surface area contributed by atoms with Gasteiger partial charge in [-0.25, -0.2) is 0 Å². The molecule has 0 aliphatic carbocycles. The second-order valence-electron chi connectivity index (χ2n) is 6.61. The Morgan fingerprint density at radius 3 is 2.78 bits per heavy atom. The minimum Gasteiger partial charge on any atom is -0.497 e. The zero-order valence-electron chi connectivity index (χ0n) is 17.4. The number of thioether (sulfide) groups is 2. The monoisotopic (exact) mass is 508 g/mol. The quantitative estimate of drug-likeness (QED) is 0.255. The van der Waals surface area contributed by atoms with Gasteiger partial charge in [-0.1, -0.05) is 53.2 Å². The van der Waals surface area contributed by atoms with Gasteiger partial charge in [-0.05, 0) is 29.8 Å². The van der Waals surface area contributed by atoms with Gasteiger partial charge in [0.2, 0.25) is 5.91 Å². The highest BCUT2D eigenvalue weighted by Crippen LogP contribution is 2.26. The molecule has 3 rings (SSSR count). The third-order valence-corrected chi connectivity index (χ3v) is 6.98. The van der Waals surface area contributed by atoms with Crippen LogP contribution in [0.1, 0.15) is 11.4 Å². The lowest BCUT2D eigenvalue weighted by atomic mass is 10.2. The number of hydrogen-bond acceptors (Lipinski definition) is 6. The van der Waals surface area contributed by atoms with Crippen molar-refractivity contribution in [3.63, 3.8) is 0 Å². The van der Waals surface area contributed by atoms with Gasteiger partial charge in [0.15, 0.2) is 5.16 Å². The molecular formula is C22H22Cl2N4O2S2. The van der Waals surface area contributed by atoms with E-state index >= 15 is 0 Å². The van der Waals surface area contributed by atoms with Crippen LogP contribution in [0.15, 0.2) is 60.3 Å². The summed E-state index contributed by atoms with van der Waals surface area (Å²) in [5.74, 6) is 3.02. The number of amides is 1. The fourth-order valence-electron chi connectivity index (χ4n) is 2.76. The Morgan fingerprint density at radius 1 is 1.19 bits per heavy atom. The van der Waals surface area contributed by atoms with Gasteiger partial charge in [0, 0.05) is 24.1 Å². The standard InChI is InChI=1S/C22H22Cl2N4O2S2/c1-3-9-28-20(13-31-12-15-7-8-18(23)19(24)10-15)26-27-22(28)32-14-21(29)25-16-5-4-6-17(11-16)30-2/h3-8,10-11H,1,9,12-14H2,2H3,(H,25,29).